The van der Waals surface area contributed by atoms with Crippen LogP contribution < -0.4 is 5.32 Å². The summed E-state index contributed by atoms with van der Waals surface area (Å²) < 4.78 is 0. The maximum Gasteiger partial charge on any atom is 0.0791 e. The van der Waals surface area contributed by atoms with Crippen molar-refractivity contribution in [3.8, 4) is 0 Å². The van der Waals surface area contributed by atoms with Gasteiger partial charge < -0.3 is 15.3 Å². The molecule has 0 amide bonds. The van der Waals surface area contributed by atoms with Gasteiger partial charge in [-0.3, -0.25) is 0 Å². The lowest BCUT2D eigenvalue weighted by Crippen LogP contribution is -2.39. The SMILES string of the molecule is OC(CNC(c1cccs1)C1CCCC1)CN1CCCC1. The van der Waals surface area contributed by atoms with Crippen molar-refractivity contribution in [3.63, 3.8) is 0 Å². The van der Waals surface area contributed by atoms with E-state index in [2.05, 4.69) is 27.7 Å². The molecule has 0 aromatic carbocycles. The van der Waals surface area contributed by atoms with Crippen LogP contribution in [0.2, 0.25) is 0 Å². The van der Waals surface area contributed by atoms with Crippen molar-refractivity contribution in [1.82, 2.24) is 10.2 Å². The summed E-state index contributed by atoms with van der Waals surface area (Å²) in [5.41, 5.74) is 0. The highest BCUT2D eigenvalue weighted by Crippen LogP contribution is 2.37. The summed E-state index contributed by atoms with van der Waals surface area (Å²) in [4.78, 5) is 3.83. The molecular formula is C17H28N2OS. The molecule has 0 radical (unpaired) electrons. The number of thiophene rings is 1. The molecule has 118 valence electrons. The molecule has 2 heterocycles. The summed E-state index contributed by atoms with van der Waals surface area (Å²) in [5.74, 6) is 0.752. The summed E-state index contributed by atoms with van der Waals surface area (Å²) in [6.07, 6.45) is 7.73. The zero-order valence-electron chi connectivity index (χ0n) is 12.8. The third-order valence-electron chi connectivity index (χ3n) is 4.96. The van der Waals surface area contributed by atoms with Crippen LogP contribution in [0.4, 0.5) is 0 Å². The third kappa shape index (κ3) is 4.28. The molecule has 21 heavy (non-hydrogen) atoms. The lowest BCUT2D eigenvalue weighted by molar-refractivity contribution is 0.117. The molecular weight excluding hydrogens is 280 g/mol. The lowest BCUT2D eigenvalue weighted by Gasteiger charge is -2.26. The van der Waals surface area contributed by atoms with Gasteiger partial charge in [-0.25, -0.2) is 0 Å². The quantitative estimate of drug-likeness (QED) is 0.813. The van der Waals surface area contributed by atoms with E-state index < -0.39 is 0 Å². The monoisotopic (exact) mass is 308 g/mol. The molecule has 1 aromatic rings. The minimum Gasteiger partial charge on any atom is -0.390 e. The number of aliphatic hydroxyl groups excluding tert-OH is 1. The number of hydrogen-bond donors (Lipinski definition) is 2. The normalized spacial score (nSPS) is 23.7. The highest BCUT2D eigenvalue weighted by molar-refractivity contribution is 7.10. The van der Waals surface area contributed by atoms with Crippen LogP contribution in [0.5, 0.6) is 0 Å². The Morgan fingerprint density at radius 2 is 2.00 bits per heavy atom. The van der Waals surface area contributed by atoms with Gasteiger partial charge >= 0.3 is 0 Å². The Bertz CT molecular complexity index is 397. The van der Waals surface area contributed by atoms with Crippen LogP contribution in [0, 0.1) is 5.92 Å². The summed E-state index contributed by atoms with van der Waals surface area (Å²) in [5, 5.41) is 16.1. The van der Waals surface area contributed by atoms with Crippen molar-refractivity contribution in [1.29, 1.82) is 0 Å². The minimum absolute atomic E-state index is 0.244. The van der Waals surface area contributed by atoms with E-state index in [4.69, 9.17) is 0 Å². The topological polar surface area (TPSA) is 35.5 Å². The van der Waals surface area contributed by atoms with Gasteiger partial charge in [0.05, 0.1) is 6.10 Å². The molecule has 1 aliphatic heterocycles. The van der Waals surface area contributed by atoms with Gasteiger partial charge in [-0.2, -0.15) is 0 Å². The zero-order valence-corrected chi connectivity index (χ0v) is 13.7. The van der Waals surface area contributed by atoms with Crippen LogP contribution >= 0.6 is 11.3 Å². The van der Waals surface area contributed by atoms with E-state index in [1.54, 1.807) is 0 Å². The number of nitrogens with zero attached hydrogens (tertiary/aromatic N) is 1. The molecule has 2 fully saturated rings. The maximum absolute atomic E-state index is 10.3. The van der Waals surface area contributed by atoms with Crippen molar-refractivity contribution in [3.05, 3.63) is 22.4 Å². The van der Waals surface area contributed by atoms with Gasteiger partial charge in [0.15, 0.2) is 0 Å². The molecule has 2 unspecified atom stereocenters. The molecule has 0 spiro atoms. The Kier molecular flexibility index (Phi) is 5.69. The Hall–Kier alpha value is -0.420. The van der Waals surface area contributed by atoms with Gasteiger partial charge in [0.2, 0.25) is 0 Å². The summed E-state index contributed by atoms with van der Waals surface area (Å²) in [7, 11) is 0. The van der Waals surface area contributed by atoms with Crippen LogP contribution in [0.1, 0.15) is 49.4 Å². The van der Waals surface area contributed by atoms with Crippen LogP contribution in [-0.2, 0) is 0 Å². The van der Waals surface area contributed by atoms with Gasteiger partial charge in [-0.15, -0.1) is 11.3 Å². The average molecular weight is 308 g/mol. The zero-order chi connectivity index (χ0) is 14.5. The molecule has 3 rings (SSSR count). The first-order valence-electron chi connectivity index (χ1n) is 8.50. The van der Waals surface area contributed by atoms with E-state index in [0.29, 0.717) is 6.04 Å². The van der Waals surface area contributed by atoms with Gasteiger partial charge in [0, 0.05) is 24.0 Å². The van der Waals surface area contributed by atoms with Crippen LogP contribution in [0.15, 0.2) is 17.5 Å². The van der Waals surface area contributed by atoms with E-state index >= 15 is 0 Å². The summed E-state index contributed by atoms with van der Waals surface area (Å²) in [6.45, 7) is 3.87. The van der Waals surface area contributed by atoms with Crippen molar-refractivity contribution >= 4 is 11.3 Å². The van der Waals surface area contributed by atoms with Crippen LogP contribution in [0.3, 0.4) is 0 Å². The number of nitrogens with one attached hydrogen (secondary N) is 1. The van der Waals surface area contributed by atoms with Crippen molar-refractivity contribution in [2.24, 2.45) is 5.92 Å². The van der Waals surface area contributed by atoms with E-state index in [1.165, 1.54) is 43.4 Å². The maximum atomic E-state index is 10.3. The Balaban J connectivity index is 1.51. The first-order valence-corrected chi connectivity index (χ1v) is 9.38. The fraction of sp³-hybridized carbons (Fsp3) is 0.765. The molecule has 1 aromatic heterocycles. The standard InChI is InChI=1S/C17H28N2OS/c20-15(13-19-9-3-4-10-19)12-18-17(14-6-1-2-7-14)16-8-5-11-21-16/h5,8,11,14-15,17-18,20H,1-4,6-7,9-10,12-13H2. The summed E-state index contributed by atoms with van der Waals surface area (Å²) >= 11 is 1.85. The van der Waals surface area contributed by atoms with E-state index in [-0.39, 0.29) is 6.10 Å². The van der Waals surface area contributed by atoms with Crippen molar-refractivity contribution in [2.75, 3.05) is 26.2 Å². The molecule has 2 aliphatic rings. The van der Waals surface area contributed by atoms with Gasteiger partial charge in [-0.05, 0) is 56.1 Å². The van der Waals surface area contributed by atoms with Crippen LogP contribution in [0.25, 0.3) is 0 Å². The Labute approximate surface area is 132 Å². The molecule has 1 saturated heterocycles. The molecule has 3 nitrogen and oxygen atoms in total. The molecule has 1 aliphatic carbocycles. The predicted octanol–water partition coefficient (Wildman–Crippen LogP) is 3.03. The third-order valence-corrected chi connectivity index (χ3v) is 5.92. The molecule has 1 saturated carbocycles. The first-order chi connectivity index (χ1) is 10.3. The molecule has 0 bridgehead atoms. The molecule has 2 N–H and O–H groups in total. The molecule has 2 atom stereocenters. The fourth-order valence-electron chi connectivity index (χ4n) is 3.85. The highest BCUT2D eigenvalue weighted by Gasteiger charge is 2.27. The summed E-state index contributed by atoms with van der Waals surface area (Å²) in [6, 6.07) is 4.83. The van der Waals surface area contributed by atoms with E-state index in [1.807, 2.05) is 11.3 Å². The van der Waals surface area contributed by atoms with E-state index in [0.717, 1.165) is 32.1 Å². The van der Waals surface area contributed by atoms with Gasteiger partial charge in [-0.1, -0.05) is 18.9 Å². The Morgan fingerprint density at radius 3 is 2.67 bits per heavy atom. The second kappa shape index (κ2) is 7.73. The lowest BCUT2D eigenvalue weighted by atomic mass is 9.96. The van der Waals surface area contributed by atoms with Crippen molar-refractivity contribution in [2.45, 2.75) is 50.7 Å². The largest absolute Gasteiger partial charge is 0.390 e. The Morgan fingerprint density at radius 1 is 1.24 bits per heavy atom. The van der Waals surface area contributed by atoms with E-state index in [9.17, 15) is 5.11 Å². The van der Waals surface area contributed by atoms with Gasteiger partial charge in [0.1, 0.15) is 0 Å². The average Bonchev–Trinajstić information content (AvgIpc) is 3.23. The number of aliphatic hydroxyl groups is 1. The van der Waals surface area contributed by atoms with Gasteiger partial charge in [0.25, 0.3) is 0 Å². The van der Waals surface area contributed by atoms with Crippen molar-refractivity contribution < 1.29 is 5.11 Å². The fourth-order valence-corrected chi connectivity index (χ4v) is 4.74. The number of likely N-dealkylation sites (tertiary alicyclic amines) is 1. The highest BCUT2D eigenvalue weighted by atomic mass is 32.1. The minimum atomic E-state index is -0.244. The number of hydrogen-bond acceptors (Lipinski definition) is 4. The number of rotatable bonds is 7. The predicted molar refractivity (Wildman–Crippen MR) is 88.7 cm³/mol. The second-order valence-electron chi connectivity index (χ2n) is 6.61. The van der Waals surface area contributed by atoms with Crippen LogP contribution in [-0.4, -0.2) is 42.3 Å². The second-order valence-corrected chi connectivity index (χ2v) is 7.59. The molecule has 4 heteroatoms. The first kappa shape index (κ1) is 15.5. The smallest absolute Gasteiger partial charge is 0.0791 e. The number of β-amino-alcohol motifs (C(OH)–C–C–N with tert-alkyl or cyclic N) is 1.